The van der Waals surface area contributed by atoms with Crippen molar-refractivity contribution in [2.75, 3.05) is 4.90 Å². The summed E-state index contributed by atoms with van der Waals surface area (Å²) in [5.41, 5.74) is 15.2. The second-order valence-corrected chi connectivity index (χ2v) is 16.0. The lowest BCUT2D eigenvalue weighted by atomic mass is 9.82. The molecule has 0 fully saturated rings. The highest BCUT2D eigenvalue weighted by molar-refractivity contribution is 6.13. The number of para-hydroxylation sites is 1. The van der Waals surface area contributed by atoms with Crippen LogP contribution in [0.4, 0.5) is 17.3 Å². The molecule has 9 aromatic rings. The maximum atomic E-state index is 6.47. The first-order valence-electron chi connectivity index (χ1n) is 19.3. The van der Waals surface area contributed by atoms with E-state index < -0.39 is 0 Å². The van der Waals surface area contributed by atoms with Gasteiger partial charge in [0.05, 0.1) is 11.1 Å². The van der Waals surface area contributed by atoms with E-state index in [2.05, 4.69) is 154 Å². The van der Waals surface area contributed by atoms with Crippen LogP contribution in [0.3, 0.4) is 0 Å². The Bertz CT molecular complexity index is 3050. The van der Waals surface area contributed by atoms with Gasteiger partial charge in [0.1, 0.15) is 11.2 Å². The first-order chi connectivity index (χ1) is 27.3. The van der Waals surface area contributed by atoms with Crippen molar-refractivity contribution in [3.8, 4) is 45.0 Å². The Morgan fingerprint density at radius 1 is 0.464 bits per heavy atom. The van der Waals surface area contributed by atoms with E-state index in [0.717, 1.165) is 44.4 Å². The molecule has 0 bridgehead atoms. The molecular weight excluding hydrogens is 685 g/mol. The molecule has 0 saturated heterocycles. The maximum absolute atomic E-state index is 6.47. The third-order valence-electron chi connectivity index (χ3n) is 12.2. The van der Waals surface area contributed by atoms with Gasteiger partial charge in [-0.2, -0.15) is 9.97 Å². The van der Waals surface area contributed by atoms with Gasteiger partial charge in [0.2, 0.25) is 5.95 Å². The molecule has 268 valence electrons. The van der Waals surface area contributed by atoms with E-state index in [1.807, 2.05) is 36.4 Å². The fraction of sp³-hybridized carbons (Fsp3) is 0.118. The number of hydrogen-bond donors (Lipinski definition) is 0. The first kappa shape index (κ1) is 32.6. The molecule has 5 heteroatoms. The zero-order valence-corrected chi connectivity index (χ0v) is 31.7. The highest BCUT2D eigenvalue weighted by Gasteiger charge is 2.38. The van der Waals surface area contributed by atoms with Crippen molar-refractivity contribution >= 4 is 39.3 Å². The number of furan rings is 1. The molecule has 2 aliphatic carbocycles. The summed E-state index contributed by atoms with van der Waals surface area (Å²) in [6, 6.07) is 55.6. The Hall–Kier alpha value is -6.85. The van der Waals surface area contributed by atoms with Crippen molar-refractivity contribution in [3.05, 3.63) is 180 Å². The van der Waals surface area contributed by atoms with Crippen LogP contribution in [0.25, 0.3) is 67.0 Å². The molecule has 0 N–H and O–H groups in total. The number of nitrogens with zero attached hydrogens (tertiary/aromatic N) is 4. The van der Waals surface area contributed by atoms with Gasteiger partial charge in [-0.05, 0) is 74.8 Å². The number of hydrogen-bond acceptors (Lipinski definition) is 5. The van der Waals surface area contributed by atoms with Gasteiger partial charge in [0, 0.05) is 33.0 Å². The van der Waals surface area contributed by atoms with E-state index in [4.69, 9.17) is 19.4 Å². The molecule has 0 spiro atoms. The summed E-state index contributed by atoms with van der Waals surface area (Å²) in [7, 11) is 0. The van der Waals surface area contributed by atoms with Crippen molar-refractivity contribution in [2.45, 2.75) is 38.5 Å². The lowest BCUT2D eigenvalue weighted by molar-refractivity contribution is 0.660. The van der Waals surface area contributed by atoms with Gasteiger partial charge in [-0.15, -0.1) is 0 Å². The summed E-state index contributed by atoms with van der Waals surface area (Å²) in [5.74, 6) is 1.77. The van der Waals surface area contributed by atoms with Crippen LogP contribution >= 0.6 is 0 Å². The zero-order valence-electron chi connectivity index (χ0n) is 31.7. The Kier molecular flexibility index (Phi) is 6.88. The molecule has 5 nitrogen and oxygen atoms in total. The minimum Gasteiger partial charge on any atom is -0.456 e. The zero-order chi connectivity index (χ0) is 37.8. The van der Waals surface area contributed by atoms with Crippen LogP contribution in [0.5, 0.6) is 0 Å². The van der Waals surface area contributed by atoms with E-state index in [9.17, 15) is 0 Å². The lowest BCUT2D eigenvalue weighted by Gasteiger charge is -2.27. The van der Waals surface area contributed by atoms with E-state index in [1.165, 1.54) is 44.5 Å². The van der Waals surface area contributed by atoms with E-state index >= 15 is 0 Å². The molecule has 0 atom stereocenters. The van der Waals surface area contributed by atoms with Crippen LogP contribution in [0.2, 0.25) is 0 Å². The molecule has 0 radical (unpaired) electrons. The van der Waals surface area contributed by atoms with Gasteiger partial charge in [-0.3, -0.25) is 4.90 Å². The van der Waals surface area contributed by atoms with Crippen molar-refractivity contribution in [3.63, 3.8) is 0 Å². The quantitative estimate of drug-likeness (QED) is 0.177. The van der Waals surface area contributed by atoms with Crippen LogP contribution in [-0.4, -0.2) is 15.0 Å². The second kappa shape index (κ2) is 11.8. The van der Waals surface area contributed by atoms with Gasteiger partial charge in [-0.25, -0.2) is 4.98 Å². The molecule has 11 rings (SSSR count). The van der Waals surface area contributed by atoms with Crippen LogP contribution in [0.1, 0.15) is 49.9 Å². The Balaban J connectivity index is 1.22. The molecule has 2 heterocycles. The van der Waals surface area contributed by atoms with Crippen molar-refractivity contribution in [2.24, 2.45) is 0 Å². The number of fused-ring (bicyclic) bond motifs is 9. The topological polar surface area (TPSA) is 55.1 Å². The maximum Gasteiger partial charge on any atom is 0.238 e. The van der Waals surface area contributed by atoms with Gasteiger partial charge in [0.25, 0.3) is 0 Å². The summed E-state index contributed by atoms with van der Waals surface area (Å²) >= 11 is 0. The molecule has 0 amide bonds. The Morgan fingerprint density at radius 3 is 1.91 bits per heavy atom. The third kappa shape index (κ3) is 4.64. The van der Waals surface area contributed by atoms with Crippen LogP contribution in [0.15, 0.2) is 162 Å². The predicted octanol–water partition coefficient (Wildman–Crippen LogP) is 13.2. The molecule has 2 aliphatic rings. The minimum atomic E-state index is -0.202. The van der Waals surface area contributed by atoms with E-state index in [1.54, 1.807) is 0 Å². The fourth-order valence-electron chi connectivity index (χ4n) is 9.38. The highest BCUT2D eigenvalue weighted by Crippen LogP contribution is 2.53. The Labute approximate surface area is 326 Å². The molecular formula is C51H38N4O. The van der Waals surface area contributed by atoms with Gasteiger partial charge in [-0.1, -0.05) is 155 Å². The van der Waals surface area contributed by atoms with Crippen LogP contribution in [0, 0.1) is 0 Å². The highest BCUT2D eigenvalue weighted by atomic mass is 16.3. The normalized spacial score (nSPS) is 14.4. The second-order valence-electron chi connectivity index (χ2n) is 16.0. The molecule has 56 heavy (non-hydrogen) atoms. The lowest BCUT2D eigenvalue weighted by Crippen LogP contribution is -2.18. The van der Waals surface area contributed by atoms with Gasteiger partial charge in [0.15, 0.2) is 11.6 Å². The van der Waals surface area contributed by atoms with Gasteiger partial charge >= 0.3 is 0 Å². The molecule has 0 unspecified atom stereocenters. The van der Waals surface area contributed by atoms with Crippen molar-refractivity contribution in [1.29, 1.82) is 0 Å². The standard InChI is InChI=1S/C51H38N4O/c1-50(2)39-23-12-9-19-35(39)45-37(21-14-24-40(45)50)48-52-47(31-16-6-5-7-17-31)53-49(54-48)55(42-25-15-27-44-46(42)36-20-10-13-26-43(36)56-44)32-28-29-34-33-18-8-11-22-38(33)51(3,4)41(34)30-32/h5-30H,1-4H3. The summed E-state index contributed by atoms with van der Waals surface area (Å²) in [4.78, 5) is 18.4. The number of aromatic nitrogens is 3. The number of anilines is 3. The van der Waals surface area contributed by atoms with Crippen molar-refractivity contribution < 1.29 is 4.42 Å². The molecule has 0 aliphatic heterocycles. The van der Waals surface area contributed by atoms with Gasteiger partial charge < -0.3 is 4.42 Å². The van der Waals surface area contributed by atoms with E-state index in [-0.39, 0.29) is 10.8 Å². The Morgan fingerprint density at radius 2 is 1.07 bits per heavy atom. The minimum absolute atomic E-state index is 0.168. The fourth-order valence-corrected chi connectivity index (χ4v) is 9.38. The first-order valence-corrected chi connectivity index (χ1v) is 19.3. The number of benzene rings is 7. The smallest absolute Gasteiger partial charge is 0.238 e. The summed E-state index contributed by atoms with van der Waals surface area (Å²) in [5, 5.41) is 2.04. The summed E-state index contributed by atoms with van der Waals surface area (Å²) < 4.78 is 6.47. The van der Waals surface area contributed by atoms with Crippen LogP contribution in [-0.2, 0) is 10.8 Å². The van der Waals surface area contributed by atoms with Crippen molar-refractivity contribution in [1.82, 2.24) is 15.0 Å². The summed E-state index contributed by atoms with van der Waals surface area (Å²) in [6.45, 7) is 9.25. The largest absolute Gasteiger partial charge is 0.456 e. The monoisotopic (exact) mass is 722 g/mol. The molecule has 7 aromatic carbocycles. The third-order valence-corrected chi connectivity index (χ3v) is 12.2. The SMILES string of the molecule is CC1(C)c2ccccc2-c2ccc(N(c3nc(-c4ccccc4)nc(-c4cccc5c4-c4ccccc4C5(C)C)n3)c3cccc4oc5ccccc5c34)cc21. The van der Waals surface area contributed by atoms with Crippen LogP contribution < -0.4 is 4.90 Å². The van der Waals surface area contributed by atoms with E-state index in [0.29, 0.717) is 17.6 Å². The predicted molar refractivity (Wildman–Crippen MR) is 228 cm³/mol. The average Bonchev–Trinajstić information content (AvgIpc) is 3.81. The summed E-state index contributed by atoms with van der Waals surface area (Å²) in [6.07, 6.45) is 0. The molecule has 0 saturated carbocycles. The number of rotatable bonds is 5. The average molecular weight is 723 g/mol. The molecule has 2 aromatic heterocycles.